The number of hydrogen-bond donors (Lipinski definition) is 2. The first kappa shape index (κ1) is 12.2. The van der Waals surface area contributed by atoms with Gasteiger partial charge in [-0.05, 0) is 12.8 Å². The first-order chi connectivity index (χ1) is 6.22. The zero-order chi connectivity index (χ0) is 10.1. The van der Waals surface area contributed by atoms with Crippen LogP contribution in [-0.4, -0.2) is 22.8 Å². The molecule has 76 valence electrons. The molecule has 0 radical (unpaired) electrons. The highest BCUT2D eigenvalue weighted by Gasteiger charge is 2.03. The van der Waals surface area contributed by atoms with Gasteiger partial charge in [0.2, 0.25) is 0 Å². The molecule has 0 aliphatic carbocycles. The number of aliphatic carboxylic acids is 1. The van der Waals surface area contributed by atoms with Crippen molar-refractivity contribution in [2.45, 2.75) is 39.0 Å². The Hall–Kier alpha value is -0.830. The summed E-state index contributed by atoms with van der Waals surface area (Å²) in [5.41, 5.74) is 0.108. The molecule has 0 aliphatic rings. The van der Waals surface area contributed by atoms with Gasteiger partial charge in [-0.25, -0.2) is 4.79 Å². The summed E-state index contributed by atoms with van der Waals surface area (Å²) in [6, 6.07) is 0. The molecule has 0 amide bonds. The Kier molecular flexibility index (Phi) is 7.30. The van der Waals surface area contributed by atoms with Crippen molar-refractivity contribution in [2.24, 2.45) is 0 Å². The first-order valence-electron chi connectivity index (χ1n) is 4.75. The number of rotatable bonds is 7. The van der Waals surface area contributed by atoms with E-state index in [-0.39, 0.29) is 12.2 Å². The van der Waals surface area contributed by atoms with E-state index in [1.54, 1.807) is 6.08 Å². The minimum absolute atomic E-state index is 0.108. The maximum absolute atomic E-state index is 10.4. The average molecular weight is 186 g/mol. The van der Waals surface area contributed by atoms with E-state index in [0.717, 1.165) is 19.3 Å². The molecule has 0 spiro atoms. The molecule has 0 bridgehead atoms. The minimum atomic E-state index is -1.02. The summed E-state index contributed by atoms with van der Waals surface area (Å²) in [6.45, 7) is 1.76. The van der Waals surface area contributed by atoms with Crippen LogP contribution in [-0.2, 0) is 4.79 Å². The van der Waals surface area contributed by atoms with Gasteiger partial charge in [-0.1, -0.05) is 32.3 Å². The topological polar surface area (TPSA) is 57.5 Å². The van der Waals surface area contributed by atoms with E-state index in [0.29, 0.717) is 0 Å². The Bertz CT molecular complexity index is 173. The van der Waals surface area contributed by atoms with Crippen molar-refractivity contribution in [3.8, 4) is 0 Å². The molecule has 0 fully saturated rings. The zero-order valence-electron chi connectivity index (χ0n) is 8.12. The standard InChI is InChI=1S/C10H18O3/c1-2-3-4-5-6-7-9(8-11)10(12)13/h7,11H,2-6,8H2,1H3,(H,12,13)/b9-7-. The smallest absolute Gasteiger partial charge is 0.333 e. The molecular formula is C10H18O3. The Morgan fingerprint density at radius 2 is 2.00 bits per heavy atom. The van der Waals surface area contributed by atoms with Crippen LogP contribution in [0.3, 0.4) is 0 Å². The third-order valence-corrected chi connectivity index (χ3v) is 1.89. The minimum Gasteiger partial charge on any atom is -0.478 e. The van der Waals surface area contributed by atoms with Crippen LogP contribution < -0.4 is 0 Å². The van der Waals surface area contributed by atoms with Gasteiger partial charge in [0.05, 0.1) is 12.2 Å². The fourth-order valence-electron chi connectivity index (χ4n) is 1.07. The summed E-state index contributed by atoms with van der Waals surface area (Å²) in [4.78, 5) is 10.4. The van der Waals surface area contributed by atoms with Gasteiger partial charge in [-0.15, -0.1) is 0 Å². The Balaban J connectivity index is 3.61. The lowest BCUT2D eigenvalue weighted by atomic mass is 10.1. The van der Waals surface area contributed by atoms with E-state index in [4.69, 9.17) is 10.2 Å². The lowest BCUT2D eigenvalue weighted by Crippen LogP contribution is -2.04. The van der Waals surface area contributed by atoms with Crippen LogP contribution in [0.5, 0.6) is 0 Å². The molecule has 2 N–H and O–H groups in total. The van der Waals surface area contributed by atoms with Gasteiger partial charge in [0.1, 0.15) is 0 Å². The second-order valence-electron chi connectivity index (χ2n) is 3.04. The summed E-state index contributed by atoms with van der Waals surface area (Å²) in [5, 5.41) is 17.2. The van der Waals surface area contributed by atoms with Crippen molar-refractivity contribution in [3.63, 3.8) is 0 Å². The summed E-state index contributed by atoms with van der Waals surface area (Å²) >= 11 is 0. The van der Waals surface area contributed by atoms with Crippen molar-refractivity contribution in [1.82, 2.24) is 0 Å². The highest BCUT2D eigenvalue weighted by Crippen LogP contribution is 2.05. The summed E-state index contributed by atoms with van der Waals surface area (Å²) < 4.78 is 0. The van der Waals surface area contributed by atoms with E-state index < -0.39 is 5.97 Å². The van der Waals surface area contributed by atoms with Crippen LogP contribution in [0.25, 0.3) is 0 Å². The lowest BCUT2D eigenvalue weighted by Gasteiger charge is -1.97. The number of aliphatic hydroxyl groups is 1. The van der Waals surface area contributed by atoms with Crippen molar-refractivity contribution < 1.29 is 15.0 Å². The first-order valence-corrected chi connectivity index (χ1v) is 4.75. The second kappa shape index (κ2) is 7.80. The number of unbranched alkanes of at least 4 members (excludes halogenated alkanes) is 4. The Labute approximate surface area is 79.1 Å². The third kappa shape index (κ3) is 6.34. The van der Waals surface area contributed by atoms with E-state index in [9.17, 15) is 4.79 Å². The van der Waals surface area contributed by atoms with Crippen molar-refractivity contribution >= 4 is 5.97 Å². The molecule has 0 aromatic rings. The molecule has 0 saturated carbocycles. The molecule has 0 aromatic carbocycles. The molecule has 0 atom stereocenters. The molecule has 0 aromatic heterocycles. The zero-order valence-corrected chi connectivity index (χ0v) is 8.12. The highest BCUT2D eigenvalue weighted by molar-refractivity contribution is 5.86. The monoisotopic (exact) mass is 186 g/mol. The van der Waals surface area contributed by atoms with Crippen molar-refractivity contribution in [3.05, 3.63) is 11.6 Å². The van der Waals surface area contributed by atoms with Crippen LogP contribution in [0.4, 0.5) is 0 Å². The number of hydrogen-bond acceptors (Lipinski definition) is 2. The van der Waals surface area contributed by atoms with Crippen molar-refractivity contribution in [2.75, 3.05) is 6.61 Å². The number of carboxylic acids is 1. The van der Waals surface area contributed by atoms with Gasteiger partial charge in [0.15, 0.2) is 0 Å². The summed E-state index contributed by atoms with van der Waals surface area (Å²) in [6.07, 6.45) is 6.86. The third-order valence-electron chi connectivity index (χ3n) is 1.89. The van der Waals surface area contributed by atoms with E-state index >= 15 is 0 Å². The average Bonchev–Trinajstić information content (AvgIpc) is 2.10. The van der Waals surface area contributed by atoms with Gasteiger partial charge in [-0.3, -0.25) is 0 Å². The quantitative estimate of drug-likeness (QED) is 0.472. The van der Waals surface area contributed by atoms with Gasteiger partial charge < -0.3 is 10.2 Å². The maximum Gasteiger partial charge on any atom is 0.333 e. The summed E-state index contributed by atoms with van der Waals surface area (Å²) in [5.74, 6) is -1.02. The highest BCUT2D eigenvalue weighted by atomic mass is 16.4. The largest absolute Gasteiger partial charge is 0.478 e. The second-order valence-corrected chi connectivity index (χ2v) is 3.04. The number of carboxylic acid groups (broad SMARTS) is 1. The Morgan fingerprint density at radius 1 is 1.31 bits per heavy atom. The van der Waals surface area contributed by atoms with Crippen LogP contribution in [0.1, 0.15) is 39.0 Å². The normalized spacial score (nSPS) is 11.7. The van der Waals surface area contributed by atoms with Crippen LogP contribution in [0.15, 0.2) is 11.6 Å². The Morgan fingerprint density at radius 3 is 2.46 bits per heavy atom. The van der Waals surface area contributed by atoms with E-state index in [1.165, 1.54) is 12.8 Å². The van der Waals surface area contributed by atoms with Crippen LogP contribution in [0, 0.1) is 0 Å². The lowest BCUT2D eigenvalue weighted by molar-refractivity contribution is -0.133. The van der Waals surface area contributed by atoms with E-state index in [1.807, 2.05) is 0 Å². The van der Waals surface area contributed by atoms with Crippen LogP contribution in [0.2, 0.25) is 0 Å². The van der Waals surface area contributed by atoms with Gasteiger partial charge in [0.25, 0.3) is 0 Å². The van der Waals surface area contributed by atoms with E-state index in [2.05, 4.69) is 6.92 Å². The van der Waals surface area contributed by atoms with Gasteiger partial charge in [-0.2, -0.15) is 0 Å². The molecule has 0 saturated heterocycles. The van der Waals surface area contributed by atoms with Crippen molar-refractivity contribution in [1.29, 1.82) is 0 Å². The molecule has 0 heterocycles. The molecule has 0 unspecified atom stereocenters. The predicted molar refractivity (Wildman–Crippen MR) is 51.6 cm³/mol. The number of aliphatic hydroxyl groups excluding tert-OH is 1. The predicted octanol–water partition coefficient (Wildman–Crippen LogP) is 1.96. The molecule has 0 rings (SSSR count). The SMILES string of the molecule is CCCCCC/C=C(/CO)C(=O)O. The fourth-order valence-corrected chi connectivity index (χ4v) is 1.07. The molecular weight excluding hydrogens is 168 g/mol. The van der Waals surface area contributed by atoms with Crippen LogP contribution >= 0.6 is 0 Å². The number of carbonyl (C=O) groups is 1. The fraction of sp³-hybridized carbons (Fsp3) is 0.700. The molecule has 0 aliphatic heterocycles. The van der Waals surface area contributed by atoms with Gasteiger partial charge >= 0.3 is 5.97 Å². The number of allylic oxidation sites excluding steroid dienone is 1. The summed E-state index contributed by atoms with van der Waals surface area (Å²) in [7, 11) is 0. The molecule has 13 heavy (non-hydrogen) atoms. The molecule has 3 heteroatoms. The van der Waals surface area contributed by atoms with Gasteiger partial charge in [0, 0.05) is 0 Å². The maximum atomic E-state index is 10.4. The molecule has 3 nitrogen and oxygen atoms in total.